The lowest BCUT2D eigenvalue weighted by molar-refractivity contribution is 0.0594. The molecule has 4 rings (SSSR count). The summed E-state index contributed by atoms with van der Waals surface area (Å²) >= 11 is 0. The number of carbonyl (C=O) groups excluding carboxylic acids is 1. The molecule has 3 heterocycles. The molecule has 1 aromatic carbocycles. The van der Waals surface area contributed by atoms with Gasteiger partial charge in [0.05, 0.1) is 24.9 Å². The highest BCUT2D eigenvalue weighted by Gasteiger charge is 2.22. The zero-order chi connectivity index (χ0) is 19.7. The minimum Gasteiger partial charge on any atom is -0.464 e. The average Bonchev–Trinajstić information content (AvgIpc) is 3.26. The molecule has 28 heavy (non-hydrogen) atoms. The van der Waals surface area contributed by atoms with Gasteiger partial charge in [-0.25, -0.2) is 14.2 Å². The van der Waals surface area contributed by atoms with E-state index in [1.807, 2.05) is 6.20 Å². The van der Waals surface area contributed by atoms with Gasteiger partial charge in [-0.05, 0) is 35.7 Å². The van der Waals surface area contributed by atoms with Crippen molar-refractivity contribution in [1.82, 2.24) is 14.5 Å². The van der Waals surface area contributed by atoms with Crippen LogP contribution in [0.25, 0.3) is 10.9 Å². The number of hydrogen-bond acceptors (Lipinski definition) is 5. The first kappa shape index (κ1) is 18.6. The largest absolute Gasteiger partial charge is 0.464 e. The molecule has 1 atom stereocenters. The molecular weight excluding hydrogens is 361 g/mol. The summed E-state index contributed by atoms with van der Waals surface area (Å²) in [6.45, 7) is 2.72. The van der Waals surface area contributed by atoms with Crippen molar-refractivity contribution in [3.63, 3.8) is 0 Å². The summed E-state index contributed by atoms with van der Waals surface area (Å²) in [6, 6.07) is 8.16. The van der Waals surface area contributed by atoms with Crippen molar-refractivity contribution in [3.05, 3.63) is 65.4 Å². The SMILES string of the molecule is COC(=O)c1cc2c(CN3CCC(O)C3)cn(Cc3ccc(F)cc3)c2cn1. The van der Waals surface area contributed by atoms with Crippen molar-refractivity contribution in [2.24, 2.45) is 0 Å². The van der Waals surface area contributed by atoms with Crippen molar-refractivity contribution in [2.75, 3.05) is 20.2 Å². The highest BCUT2D eigenvalue weighted by Crippen LogP contribution is 2.26. The number of aromatic nitrogens is 2. The second-order valence-corrected chi connectivity index (χ2v) is 7.16. The van der Waals surface area contributed by atoms with Crippen LogP contribution in [0.2, 0.25) is 0 Å². The molecule has 0 radical (unpaired) electrons. The first-order valence-electron chi connectivity index (χ1n) is 9.24. The fourth-order valence-electron chi connectivity index (χ4n) is 3.72. The molecule has 3 aromatic rings. The Labute approximate surface area is 162 Å². The molecule has 6 nitrogen and oxygen atoms in total. The van der Waals surface area contributed by atoms with Crippen LogP contribution in [0.5, 0.6) is 0 Å². The lowest BCUT2D eigenvalue weighted by Gasteiger charge is -2.14. The molecule has 1 unspecified atom stereocenters. The van der Waals surface area contributed by atoms with Crippen LogP contribution in [-0.4, -0.2) is 51.8 Å². The number of aliphatic hydroxyl groups excluding tert-OH is 1. The van der Waals surface area contributed by atoms with Crippen LogP contribution in [0.1, 0.15) is 28.0 Å². The number of carbonyl (C=O) groups is 1. The Kier molecular flexibility index (Phi) is 5.11. The number of ether oxygens (including phenoxy) is 1. The fraction of sp³-hybridized carbons (Fsp3) is 0.333. The Hall–Kier alpha value is -2.77. The Morgan fingerprint density at radius 2 is 2.11 bits per heavy atom. The summed E-state index contributed by atoms with van der Waals surface area (Å²) in [5.74, 6) is -0.741. The molecule has 2 aromatic heterocycles. The lowest BCUT2D eigenvalue weighted by Crippen LogP contribution is -2.21. The number of rotatable bonds is 5. The van der Waals surface area contributed by atoms with Gasteiger partial charge in [-0.15, -0.1) is 0 Å². The Bertz CT molecular complexity index is 1000. The van der Waals surface area contributed by atoms with Crippen LogP contribution in [0, 0.1) is 5.82 Å². The van der Waals surface area contributed by atoms with Crippen molar-refractivity contribution in [1.29, 1.82) is 0 Å². The minimum atomic E-state index is -0.476. The van der Waals surface area contributed by atoms with Crippen LogP contribution in [-0.2, 0) is 17.8 Å². The third-order valence-corrected chi connectivity index (χ3v) is 5.15. The number of nitrogens with zero attached hydrogens (tertiary/aromatic N) is 3. The summed E-state index contributed by atoms with van der Waals surface area (Å²) in [6.07, 6.45) is 4.19. The lowest BCUT2D eigenvalue weighted by atomic mass is 10.1. The molecule has 1 fully saturated rings. The molecule has 146 valence electrons. The zero-order valence-electron chi connectivity index (χ0n) is 15.6. The van der Waals surface area contributed by atoms with E-state index in [0.29, 0.717) is 19.6 Å². The van der Waals surface area contributed by atoms with Gasteiger partial charge in [0, 0.05) is 37.8 Å². The van der Waals surface area contributed by atoms with E-state index >= 15 is 0 Å². The van der Waals surface area contributed by atoms with Crippen LogP contribution in [0.4, 0.5) is 4.39 Å². The summed E-state index contributed by atoms with van der Waals surface area (Å²) in [5.41, 5.74) is 3.18. The standard InChI is InChI=1S/C21H22FN3O3/c1-28-21(27)19-8-18-15(11-24-7-6-17(26)13-24)12-25(20(18)9-23-19)10-14-2-4-16(22)5-3-14/h2-5,8-9,12,17,26H,6-7,10-11,13H2,1H3. The number of β-amino-alcohol motifs (C(OH)–C–C–N with tert-alkyl or cyclic N) is 1. The highest BCUT2D eigenvalue weighted by atomic mass is 19.1. The molecule has 0 saturated carbocycles. The summed E-state index contributed by atoms with van der Waals surface area (Å²) in [4.78, 5) is 18.4. The predicted molar refractivity (Wildman–Crippen MR) is 102 cm³/mol. The normalized spacial score (nSPS) is 17.3. The van der Waals surface area contributed by atoms with E-state index < -0.39 is 5.97 Å². The maximum Gasteiger partial charge on any atom is 0.356 e. The summed E-state index contributed by atoms with van der Waals surface area (Å²) < 4.78 is 20.1. The van der Waals surface area contributed by atoms with E-state index in [4.69, 9.17) is 4.74 Å². The maximum atomic E-state index is 13.2. The van der Waals surface area contributed by atoms with E-state index in [1.54, 1.807) is 24.4 Å². The third-order valence-electron chi connectivity index (χ3n) is 5.15. The highest BCUT2D eigenvalue weighted by molar-refractivity contribution is 5.93. The Morgan fingerprint density at radius 1 is 1.32 bits per heavy atom. The molecule has 0 spiro atoms. The topological polar surface area (TPSA) is 67.6 Å². The van der Waals surface area contributed by atoms with Gasteiger partial charge < -0.3 is 14.4 Å². The van der Waals surface area contributed by atoms with E-state index in [0.717, 1.165) is 35.0 Å². The monoisotopic (exact) mass is 383 g/mol. The molecule has 1 aliphatic heterocycles. The van der Waals surface area contributed by atoms with Gasteiger partial charge in [0.2, 0.25) is 0 Å². The molecule has 0 amide bonds. The second kappa shape index (κ2) is 7.69. The zero-order valence-corrected chi connectivity index (χ0v) is 15.6. The molecule has 0 bridgehead atoms. The number of hydrogen-bond donors (Lipinski definition) is 1. The van der Waals surface area contributed by atoms with Gasteiger partial charge in [0.25, 0.3) is 0 Å². The van der Waals surface area contributed by atoms with Gasteiger partial charge in [-0.2, -0.15) is 0 Å². The van der Waals surface area contributed by atoms with Crippen LogP contribution >= 0.6 is 0 Å². The predicted octanol–water partition coefficient (Wildman–Crippen LogP) is 2.58. The van der Waals surface area contributed by atoms with Crippen molar-refractivity contribution in [3.8, 4) is 0 Å². The number of benzene rings is 1. The first-order valence-corrected chi connectivity index (χ1v) is 9.24. The molecule has 0 aliphatic carbocycles. The number of halogens is 1. The average molecular weight is 383 g/mol. The van der Waals surface area contributed by atoms with Crippen molar-refractivity contribution < 1.29 is 19.0 Å². The first-order chi connectivity index (χ1) is 13.5. The summed E-state index contributed by atoms with van der Waals surface area (Å²) in [5, 5.41) is 10.7. The van der Waals surface area contributed by atoms with Crippen molar-refractivity contribution in [2.45, 2.75) is 25.6 Å². The molecule has 1 saturated heterocycles. The van der Waals surface area contributed by atoms with E-state index in [9.17, 15) is 14.3 Å². The van der Waals surface area contributed by atoms with E-state index in [2.05, 4.69) is 14.5 Å². The third kappa shape index (κ3) is 3.76. The number of pyridine rings is 1. The molecule has 1 N–H and O–H groups in total. The number of aliphatic hydroxyl groups is 1. The van der Waals surface area contributed by atoms with Gasteiger partial charge >= 0.3 is 5.97 Å². The Balaban J connectivity index is 1.72. The smallest absolute Gasteiger partial charge is 0.356 e. The number of fused-ring (bicyclic) bond motifs is 1. The van der Waals surface area contributed by atoms with Crippen LogP contribution in [0.3, 0.4) is 0 Å². The van der Waals surface area contributed by atoms with Gasteiger partial charge in [-0.1, -0.05) is 12.1 Å². The van der Waals surface area contributed by atoms with Gasteiger partial charge in [-0.3, -0.25) is 4.90 Å². The molecule has 1 aliphatic rings. The van der Waals surface area contributed by atoms with E-state index in [-0.39, 0.29) is 17.6 Å². The van der Waals surface area contributed by atoms with Crippen LogP contribution in [0.15, 0.2) is 42.7 Å². The van der Waals surface area contributed by atoms with E-state index in [1.165, 1.54) is 19.2 Å². The number of methoxy groups -OCH3 is 1. The maximum absolute atomic E-state index is 13.2. The van der Waals surface area contributed by atoms with Gasteiger partial charge in [0.1, 0.15) is 11.5 Å². The fourth-order valence-corrected chi connectivity index (χ4v) is 3.72. The second-order valence-electron chi connectivity index (χ2n) is 7.16. The molecular formula is C21H22FN3O3. The van der Waals surface area contributed by atoms with Crippen LogP contribution < -0.4 is 0 Å². The number of likely N-dealkylation sites (tertiary alicyclic amines) is 1. The summed E-state index contributed by atoms with van der Waals surface area (Å²) in [7, 11) is 1.33. The minimum absolute atomic E-state index is 0.261. The van der Waals surface area contributed by atoms with Crippen molar-refractivity contribution >= 4 is 16.9 Å². The van der Waals surface area contributed by atoms with Gasteiger partial charge in [0.15, 0.2) is 0 Å². The number of esters is 1. The Morgan fingerprint density at radius 3 is 2.79 bits per heavy atom. The molecule has 7 heteroatoms. The quantitative estimate of drug-likeness (QED) is 0.686.